The van der Waals surface area contributed by atoms with E-state index < -0.39 is 21.6 Å². The molecule has 0 heterocycles. The molecular formula is C9H9F3O2S. The van der Waals surface area contributed by atoms with Crippen LogP contribution in [0, 0.1) is 6.92 Å². The summed E-state index contributed by atoms with van der Waals surface area (Å²) < 4.78 is 59.6. The van der Waals surface area contributed by atoms with Crippen molar-refractivity contribution >= 4 is 9.84 Å². The Labute approximate surface area is 85.6 Å². The van der Waals surface area contributed by atoms with Crippen LogP contribution in [0.25, 0.3) is 0 Å². The molecule has 0 N–H and O–H groups in total. The minimum atomic E-state index is -4.52. The van der Waals surface area contributed by atoms with E-state index >= 15 is 0 Å². The van der Waals surface area contributed by atoms with Crippen LogP contribution >= 0.6 is 0 Å². The quantitative estimate of drug-likeness (QED) is 0.753. The maximum atomic E-state index is 12.4. The summed E-state index contributed by atoms with van der Waals surface area (Å²) in [6.45, 7) is 1.15. The number of alkyl halides is 3. The molecule has 1 aromatic rings. The highest BCUT2D eigenvalue weighted by Gasteiger charge is 2.33. The molecule has 0 bridgehead atoms. The maximum absolute atomic E-state index is 12.4. The van der Waals surface area contributed by atoms with Gasteiger partial charge in [0.1, 0.15) is 0 Å². The molecule has 0 aliphatic carbocycles. The molecule has 0 spiro atoms. The molecule has 84 valence electrons. The predicted octanol–water partition coefficient (Wildman–Crippen LogP) is 2.42. The van der Waals surface area contributed by atoms with Crippen molar-refractivity contribution in [3.63, 3.8) is 0 Å². The topological polar surface area (TPSA) is 34.1 Å². The van der Waals surface area contributed by atoms with Gasteiger partial charge in [-0.1, -0.05) is 6.07 Å². The second-order valence-electron chi connectivity index (χ2n) is 3.20. The van der Waals surface area contributed by atoms with Crippen molar-refractivity contribution in [3.8, 4) is 0 Å². The first-order chi connectivity index (χ1) is 6.64. The summed E-state index contributed by atoms with van der Waals surface area (Å²) >= 11 is 0. The number of rotatable bonds is 1. The van der Waals surface area contributed by atoms with Gasteiger partial charge >= 0.3 is 6.18 Å². The van der Waals surface area contributed by atoms with Gasteiger partial charge in [-0.25, -0.2) is 8.42 Å². The minimum absolute atomic E-state index is 0.257. The Morgan fingerprint density at radius 2 is 1.73 bits per heavy atom. The Kier molecular flexibility index (Phi) is 2.82. The largest absolute Gasteiger partial charge is 0.416 e. The number of sulfone groups is 1. The predicted molar refractivity (Wildman–Crippen MR) is 49.3 cm³/mol. The van der Waals surface area contributed by atoms with Crippen molar-refractivity contribution in [3.05, 3.63) is 29.3 Å². The zero-order valence-corrected chi connectivity index (χ0v) is 8.91. The van der Waals surface area contributed by atoms with E-state index in [1.165, 1.54) is 6.07 Å². The smallest absolute Gasteiger partial charge is 0.224 e. The van der Waals surface area contributed by atoms with E-state index in [2.05, 4.69) is 0 Å². The summed E-state index contributed by atoms with van der Waals surface area (Å²) in [6.07, 6.45) is -3.64. The van der Waals surface area contributed by atoms with Crippen LogP contribution in [0.2, 0.25) is 0 Å². The van der Waals surface area contributed by atoms with Gasteiger partial charge in [0.05, 0.1) is 10.5 Å². The van der Waals surface area contributed by atoms with Crippen LogP contribution < -0.4 is 0 Å². The molecule has 0 aliphatic heterocycles. The number of hydrogen-bond acceptors (Lipinski definition) is 2. The highest BCUT2D eigenvalue weighted by Crippen LogP contribution is 2.33. The standard InChI is InChI=1S/C9H9F3O2S/c1-6-7(9(10,11)12)4-3-5-8(6)15(2,13)14/h3-5H,1-2H3. The lowest BCUT2D eigenvalue weighted by molar-refractivity contribution is -0.138. The molecule has 0 radical (unpaired) electrons. The lowest BCUT2D eigenvalue weighted by Crippen LogP contribution is -2.10. The first-order valence-corrected chi connectivity index (χ1v) is 5.90. The Bertz CT molecular complexity index is 475. The van der Waals surface area contributed by atoms with Gasteiger partial charge in [-0.2, -0.15) is 13.2 Å². The van der Waals surface area contributed by atoms with E-state index in [-0.39, 0.29) is 10.5 Å². The Morgan fingerprint density at radius 3 is 2.13 bits per heavy atom. The fourth-order valence-corrected chi connectivity index (χ4v) is 2.32. The molecule has 0 unspecified atom stereocenters. The van der Waals surface area contributed by atoms with Crippen molar-refractivity contribution in [1.82, 2.24) is 0 Å². The van der Waals surface area contributed by atoms with Crippen molar-refractivity contribution in [1.29, 1.82) is 0 Å². The van der Waals surface area contributed by atoms with Gasteiger partial charge < -0.3 is 0 Å². The summed E-state index contributed by atoms with van der Waals surface area (Å²) in [7, 11) is -3.62. The second-order valence-corrected chi connectivity index (χ2v) is 5.18. The van der Waals surface area contributed by atoms with Gasteiger partial charge in [0.15, 0.2) is 9.84 Å². The van der Waals surface area contributed by atoms with E-state index in [1.807, 2.05) is 0 Å². The van der Waals surface area contributed by atoms with Crippen LogP contribution in [-0.2, 0) is 16.0 Å². The SMILES string of the molecule is Cc1c(C(F)(F)F)cccc1S(C)(=O)=O. The van der Waals surface area contributed by atoms with Gasteiger partial charge in [0.25, 0.3) is 0 Å². The van der Waals surface area contributed by atoms with E-state index in [1.54, 1.807) is 0 Å². The van der Waals surface area contributed by atoms with Crippen LogP contribution in [0.15, 0.2) is 23.1 Å². The zero-order chi connectivity index (χ0) is 11.9. The summed E-state index contributed by atoms with van der Waals surface area (Å²) in [5.74, 6) is 0. The van der Waals surface area contributed by atoms with Crippen LogP contribution in [-0.4, -0.2) is 14.7 Å². The zero-order valence-electron chi connectivity index (χ0n) is 8.09. The maximum Gasteiger partial charge on any atom is 0.416 e. The van der Waals surface area contributed by atoms with Crippen molar-refractivity contribution in [2.24, 2.45) is 0 Å². The summed E-state index contributed by atoms with van der Waals surface area (Å²) in [6, 6.07) is 3.12. The van der Waals surface area contributed by atoms with Crippen LogP contribution in [0.1, 0.15) is 11.1 Å². The Morgan fingerprint density at radius 1 is 1.20 bits per heavy atom. The Hall–Kier alpha value is -1.04. The molecule has 15 heavy (non-hydrogen) atoms. The molecule has 0 aliphatic rings. The average molecular weight is 238 g/mol. The molecule has 1 aromatic carbocycles. The highest BCUT2D eigenvalue weighted by molar-refractivity contribution is 7.90. The molecule has 0 amide bonds. The molecular weight excluding hydrogens is 229 g/mol. The average Bonchev–Trinajstić information content (AvgIpc) is 1.99. The third kappa shape index (κ3) is 2.50. The third-order valence-corrected chi connectivity index (χ3v) is 3.23. The van der Waals surface area contributed by atoms with Crippen molar-refractivity contribution in [2.45, 2.75) is 18.0 Å². The molecule has 2 nitrogen and oxygen atoms in total. The first-order valence-electron chi connectivity index (χ1n) is 4.01. The molecule has 0 atom stereocenters. The number of benzene rings is 1. The van der Waals surface area contributed by atoms with Gasteiger partial charge in [-0.15, -0.1) is 0 Å². The van der Waals surface area contributed by atoms with E-state index in [9.17, 15) is 21.6 Å². The van der Waals surface area contributed by atoms with Gasteiger partial charge in [-0.05, 0) is 24.6 Å². The molecule has 0 saturated carbocycles. The first kappa shape index (κ1) is 12.0. The lowest BCUT2D eigenvalue weighted by Gasteiger charge is -2.12. The summed E-state index contributed by atoms with van der Waals surface area (Å²) in [5.41, 5.74) is -1.17. The Balaban J connectivity index is 3.51. The van der Waals surface area contributed by atoms with Crippen molar-refractivity contribution < 1.29 is 21.6 Å². The van der Waals surface area contributed by atoms with Gasteiger partial charge in [0.2, 0.25) is 0 Å². The van der Waals surface area contributed by atoms with Gasteiger partial charge in [-0.3, -0.25) is 0 Å². The van der Waals surface area contributed by atoms with Gasteiger partial charge in [0, 0.05) is 6.26 Å². The van der Waals surface area contributed by atoms with Crippen LogP contribution in [0.4, 0.5) is 13.2 Å². The molecule has 6 heteroatoms. The van der Waals surface area contributed by atoms with Crippen molar-refractivity contribution in [2.75, 3.05) is 6.26 Å². The van der Waals surface area contributed by atoms with E-state index in [0.29, 0.717) is 0 Å². The summed E-state index contributed by atoms with van der Waals surface area (Å²) in [5, 5.41) is 0. The summed E-state index contributed by atoms with van der Waals surface area (Å²) in [4.78, 5) is -0.280. The van der Waals surface area contributed by atoms with Crippen LogP contribution in [0.5, 0.6) is 0 Å². The lowest BCUT2D eigenvalue weighted by atomic mass is 10.1. The second kappa shape index (κ2) is 3.52. The third-order valence-electron chi connectivity index (χ3n) is 1.99. The van der Waals surface area contributed by atoms with Crippen LogP contribution in [0.3, 0.4) is 0 Å². The number of hydrogen-bond donors (Lipinski definition) is 0. The molecule has 0 aromatic heterocycles. The molecule has 0 fully saturated rings. The fourth-order valence-electron chi connectivity index (χ4n) is 1.32. The van der Waals surface area contributed by atoms with E-state index in [0.717, 1.165) is 25.3 Å². The fraction of sp³-hybridized carbons (Fsp3) is 0.333. The monoisotopic (exact) mass is 238 g/mol. The number of halogens is 3. The minimum Gasteiger partial charge on any atom is -0.224 e. The molecule has 0 saturated heterocycles. The molecule has 1 rings (SSSR count). The normalized spacial score (nSPS) is 12.9. The van der Waals surface area contributed by atoms with E-state index in [4.69, 9.17) is 0 Å². The highest BCUT2D eigenvalue weighted by atomic mass is 32.2.